The Bertz CT molecular complexity index is 727. The third-order valence-corrected chi connectivity index (χ3v) is 4.35. The van der Waals surface area contributed by atoms with Crippen LogP contribution < -0.4 is 5.73 Å². The molecule has 3 nitrogen and oxygen atoms in total. The standard InChI is InChI=1S/C16H14F3NO2S/c1-9-7-11(20)8-13(16(17,18)19)14(9)23-12-5-3-10(4-6-12)15(21)22-2/h3-8H,20H2,1-2H3. The molecule has 0 unspecified atom stereocenters. The average Bonchev–Trinajstić information content (AvgIpc) is 2.48. The van der Waals surface area contributed by atoms with Crippen molar-refractivity contribution in [2.75, 3.05) is 12.8 Å². The van der Waals surface area contributed by atoms with Crippen LogP contribution >= 0.6 is 11.8 Å². The molecule has 7 heteroatoms. The van der Waals surface area contributed by atoms with E-state index in [4.69, 9.17) is 5.73 Å². The maximum absolute atomic E-state index is 13.2. The van der Waals surface area contributed by atoms with Gasteiger partial charge in [-0.1, -0.05) is 11.8 Å². The zero-order chi connectivity index (χ0) is 17.2. The van der Waals surface area contributed by atoms with Gasteiger partial charge in [-0.05, 0) is 48.9 Å². The first kappa shape index (κ1) is 17.2. The molecule has 0 saturated carbocycles. The van der Waals surface area contributed by atoms with E-state index in [1.807, 2.05) is 0 Å². The number of anilines is 1. The normalized spacial score (nSPS) is 11.3. The lowest BCUT2D eigenvalue weighted by Gasteiger charge is -2.16. The molecule has 2 N–H and O–H groups in total. The fourth-order valence-corrected chi connectivity index (χ4v) is 3.06. The minimum absolute atomic E-state index is 0.0696. The van der Waals surface area contributed by atoms with Crippen LogP contribution in [0.3, 0.4) is 0 Å². The van der Waals surface area contributed by atoms with Gasteiger partial charge in [0, 0.05) is 15.5 Å². The minimum atomic E-state index is -4.49. The van der Waals surface area contributed by atoms with E-state index < -0.39 is 17.7 Å². The Hall–Kier alpha value is -2.15. The Labute approximate surface area is 135 Å². The number of hydrogen-bond acceptors (Lipinski definition) is 4. The van der Waals surface area contributed by atoms with Crippen LogP contribution in [0.4, 0.5) is 18.9 Å². The topological polar surface area (TPSA) is 52.3 Å². The van der Waals surface area contributed by atoms with E-state index in [1.165, 1.54) is 25.3 Å². The summed E-state index contributed by atoms with van der Waals surface area (Å²) in [6.45, 7) is 1.58. The van der Waals surface area contributed by atoms with Crippen LogP contribution in [0.25, 0.3) is 0 Å². The Morgan fingerprint density at radius 2 is 1.78 bits per heavy atom. The van der Waals surface area contributed by atoms with E-state index in [9.17, 15) is 18.0 Å². The molecule has 0 fully saturated rings. The maximum atomic E-state index is 13.2. The molecular formula is C16H14F3NO2S. The van der Waals surface area contributed by atoms with Gasteiger partial charge in [0.25, 0.3) is 0 Å². The van der Waals surface area contributed by atoms with Crippen LogP contribution in [0.5, 0.6) is 0 Å². The highest BCUT2D eigenvalue weighted by Gasteiger charge is 2.34. The van der Waals surface area contributed by atoms with Crippen molar-refractivity contribution >= 4 is 23.4 Å². The molecule has 0 aliphatic heterocycles. The Balaban J connectivity index is 2.38. The quantitative estimate of drug-likeness (QED) is 0.658. The van der Waals surface area contributed by atoms with Crippen LogP contribution in [-0.4, -0.2) is 13.1 Å². The average molecular weight is 341 g/mol. The monoisotopic (exact) mass is 341 g/mol. The summed E-state index contributed by atoms with van der Waals surface area (Å²) >= 11 is 0.977. The second-order valence-electron chi connectivity index (χ2n) is 4.83. The Morgan fingerprint density at radius 1 is 1.17 bits per heavy atom. The number of alkyl halides is 3. The molecule has 2 aromatic rings. The second-order valence-corrected chi connectivity index (χ2v) is 5.91. The van der Waals surface area contributed by atoms with Gasteiger partial charge in [0.1, 0.15) is 0 Å². The van der Waals surface area contributed by atoms with E-state index in [1.54, 1.807) is 19.1 Å². The third kappa shape index (κ3) is 3.98. The van der Waals surface area contributed by atoms with Crippen molar-refractivity contribution in [1.82, 2.24) is 0 Å². The number of aryl methyl sites for hydroxylation is 1. The van der Waals surface area contributed by atoms with Crippen LogP contribution in [0, 0.1) is 6.92 Å². The van der Waals surface area contributed by atoms with Gasteiger partial charge in [-0.2, -0.15) is 13.2 Å². The lowest BCUT2D eigenvalue weighted by molar-refractivity contribution is -0.139. The molecule has 2 aromatic carbocycles. The summed E-state index contributed by atoms with van der Waals surface area (Å²) in [5.41, 5.74) is 5.61. The van der Waals surface area contributed by atoms with Gasteiger partial charge in [-0.3, -0.25) is 0 Å². The van der Waals surface area contributed by atoms with Crippen molar-refractivity contribution in [3.8, 4) is 0 Å². The Morgan fingerprint density at radius 3 is 2.30 bits per heavy atom. The van der Waals surface area contributed by atoms with Gasteiger partial charge in [0.05, 0.1) is 18.2 Å². The van der Waals surface area contributed by atoms with Gasteiger partial charge in [-0.15, -0.1) is 0 Å². The highest BCUT2D eigenvalue weighted by atomic mass is 32.2. The van der Waals surface area contributed by atoms with E-state index >= 15 is 0 Å². The third-order valence-electron chi connectivity index (χ3n) is 3.10. The number of carbonyl (C=O) groups excluding carboxylic acids is 1. The molecule has 0 amide bonds. The van der Waals surface area contributed by atoms with Crippen molar-refractivity contribution in [3.05, 3.63) is 53.1 Å². The van der Waals surface area contributed by atoms with Crippen molar-refractivity contribution < 1.29 is 22.7 Å². The number of halogens is 3. The van der Waals surface area contributed by atoms with Gasteiger partial charge in [-0.25, -0.2) is 4.79 Å². The van der Waals surface area contributed by atoms with Gasteiger partial charge in [0.2, 0.25) is 0 Å². The second kappa shape index (κ2) is 6.54. The number of nitrogens with two attached hydrogens (primary N) is 1. The highest BCUT2D eigenvalue weighted by molar-refractivity contribution is 7.99. The van der Waals surface area contributed by atoms with Gasteiger partial charge >= 0.3 is 12.1 Å². The number of hydrogen-bond donors (Lipinski definition) is 1. The molecule has 0 radical (unpaired) electrons. The summed E-state index contributed by atoms with van der Waals surface area (Å²) in [6, 6.07) is 8.60. The van der Waals surface area contributed by atoms with Gasteiger partial charge < -0.3 is 10.5 Å². The highest BCUT2D eigenvalue weighted by Crippen LogP contribution is 2.42. The number of carbonyl (C=O) groups is 1. The molecule has 2 rings (SSSR count). The summed E-state index contributed by atoms with van der Waals surface area (Å²) < 4.78 is 44.2. The fourth-order valence-electron chi connectivity index (χ4n) is 2.04. The number of benzene rings is 2. The van der Waals surface area contributed by atoms with E-state index in [0.717, 1.165) is 17.8 Å². The molecule has 0 saturated heterocycles. The van der Waals surface area contributed by atoms with E-state index in [2.05, 4.69) is 4.74 Å². The van der Waals surface area contributed by atoms with Gasteiger partial charge in [0.15, 0.2) is 0 Å². The number of ether oxygens (including phenoxy) is 1. The lowest BCUT2D eigenvalue weighted by atomic mass is 10.1. The molecular weight excluding hydrogens is 327 g/mol. The van der Waals surface area contributed by atoms with E-state index in [-0.39, 0.29) is 10.6 Å². The van der Waals surface area contributed by atoms with Crippen molar-refractivity contribution in [3.63, 3.8) is 0 Å². The van der Waals surface area contributed by atoms with Crippen molar-refractivity contribution in [1.29, 1.82) is 0 Å². The zero-order valence-electron chi connectivity index (χ0n) is 12.4. The molecule has 0 heterocycles. The molecule has 0 aliphatic carbocycles. The summed E-state index contributed by atoms with van der Waals surface area (Å²) in [4.78, 5) is 12.0. The molecule has 0 atom stereocenters. The van der Waals surface area contributed by atoms with E-state index in [0.29, 0.717) is 16.0 Å². The van der Waals surface area contributed by atoms with Crippen LogP contribution in [0.1, 0.15) is 21.5 Å². The lowest BCUT2D eigenvalue weighted by Crippen LogP contribution is -2.09. The molecule has 0 bridgehead atoms. The van der Waals surface area contributed by atoms with Crippen LogP contribution in [0.15, 0.2) is 46.2 Å². The first-order valence-corrected chi connectivity index (χ1v) is 7.37. The van der Waals surface area contributed by atoms with Crippen molar-refractivity contribution in [2.24, 2.45) is 0 Å². The van der Waals surface area contributed by atoms with Crippen molar-refractivity contribution in [2.45, 2.75) is 22.9 Å². The molecule has 122 valence electrons. The molecule has 23 heavy (non-hydrogen) atoms. The minimum Gasteiger partial charge on any atom is -0.465 e. The number of rotatable bonds is 3. The first-order valence-electron chi connectivity index (χ1n) is 6.56. The smallest absolute Gasteiger partial charge is 0.417 e. The zero-order valence-corrected chi connectivity index (χ0v) is 13.2. The Kier molecular flexibility index (Phi) is 4.89. The molecule has 0 aromatic heterocycles. The summed E-state index contributed by atoms with van der Waals surface area (Å²) in [7, 11) is 1.26. The molecule has 0 aliphatic rings. The fraction of sp³-hybridized carbons (Fsp3) is 0.188. The number of methoxy groups -OCH3 is 1. The van der Waals surface area contributed by atoms with Crippen LogP contribution in [-0.2, 0) is 10.9 Å². The SMILES string of the molecule is COC(=O)c1ccc(Sc2c(C)cc(N)cc2C(F)(F)F)cc1. The number of esters is 1. The first-order chi connectivity index (χ1) is 10.7. The largest absolute Gasteiger partial charge is 0.465 e. The van der Waals surface area contributed by atoms with Crippen LogP contribution in [0.2, 0.25) is 0 Å². The summed E-state index contributed by atoms with van der Waals surface area (Å²) in [5.74, 6) is -0.499. The molecule has 0 spiro atoms. The predicted molar refractivity (Wildman–Crippen MR) is 82.5 cm³/mol. The summed E-state index contributed by atoms with van der Waals surface area (Å²) in [6.07, 6.45) is -4.49. The number of nitrogen functional groups attached to an aromatic ring is 1. The predicted octanol–water partition coefficient (Wildman–Crippen LogP) is 4.53. The maximum Gasteiger partial charge on any atom is 0.417 e. The summed E-state index contributed by atoms with van der Waals surface area (Å²) in [5, 5.41) is 0.